The molecule has 6 heteroatoms. The first-order chi connectivity index (χ1) is 8.65. The van der Waals surface area contributed by atoms with E-state index in [0.29, 0.717) is 5.11 Å². The number of hydrogen-bond acceptors (Lipinski definition) is 2. The summed E-state index contributed by atoms with van der Waals surface area (Å²) in [6.45, 7) is 2.81. The standard InChI is InChI=1S/C12H15F2N3S/c1-2-3-7-15-12(18)17-16-8-9-10(13)5-4-6-11(9)14/h4-6,8H,2-3,7H2,1H3,(H2,15,17,18). The van der Waals surface area contributed by atoms with E-state index in [1.807, 2.05) is 0 Å². The Kier molecular flexibility index (Phi) is 6.21. The fraction of sp³-hybridized carbons (Fsp3) is 0.333. The second-order valence-corrected chi connectivity index (χ2v) is 4.02. The summed E-state index contributed by atoms with van der Waals surface area (Å²) in [5, 5.41) is 6.93. The summed E-state index contributed by atoms with van der Waals surface area (Å²) in [7, 11) is 0. The summed E-state index contributed by atoms with van der Waals surface area (Å²) >= 11 is 4.92. The van der Waals surface area contributed by atoms with Crippen LogP contribution < -0.4 is 10.7 Å². The molecular weight excluding hydrogens is 256 g/mol. The summed E-state index contributed by atoms with van der Waals surface area (Å²) in [5.74, 6) is -1.32. The predicted octanol–water partition coefficient (Wildman–Crippen LogP) is 2.56. The van der Waals surface area contributed by atoms with Crippen molar-refractivity contribution in [2.75, 3.05) is 6.54 Å². The zero-order chi connectivity index (χ0) is 13.4. The van der Waals surface area contributed by atoms with E-state index < -0.39 is 11.6 Å². The van der Waals surface area contributed by atoms with Crippen LogP contribution in [0.1, 0.15) is 25.3 Å². The van der Waals surface area contributed by atoms with Crippen molar-refractivity contribution in [1.82, 2.24) is 10.7 Å². The van der Waals surface area contributed by atoms with Gasteiger partial charge in [0.1, 0.15) is 11.6 Å². The number of nitrogens with one attached hydrogen (secondary N) is 2. The molecule has 0 amide bonds. The SMILES string of the molecule is CCCCNC(=S)NN=Cc1c(F)cccc1F. The molecule has 2 N–H and O–H groups in total. The van der Waals surface area contributed by atoms with Crippen molar-refractivity contribution >= 4 is 23.5 Å². The normalized spacial score (nSPS) is 10.6. The van der Waals surface area contributed by atoms with Gasteiger partial charge in [0.25, 0.3) is 0 Å². The summed E-state index contributed by atoms with van der Waals surface area (Å²) < 4.78 is 26.4. The molecular formula is C12H15F2N3S. The van der Waals surface area contributed by atoms with Gasteiger partial charge in [0.15, 0.2) is 5.11 Å². The van der Waals surface area contributed by atoms with Gasteiger partial charge in [-0.15, -0.1) is 0 Å². The summed E-state index contributed by atoms with van der Waals surface area (Å²) in [4.78, 5) is 0. The third-order valence-electron chi connectivity index (χ3n) is 2.18. The molecule has 0 heterocycles. The van der Waals surface area contributed by atoms with Gasteiger partial charge in [0.2, 0.25) is 0 Å². The van der Waals surface area contributed by atoms with E-state index in [1.165, 1.54) is 18.2 Å². The maximum absolute atomic E-state index is 13.2. The van der Waals surface area contributed by atoms with Crippen LogP contribution in [-0.4, -0.2) is 17.9 Å². The number of hydrogen-bond donors (Lipinski definition) is 2. The molecule has 3 nitrogen and oxygen atoms in total. The Morgan fingerprint density at radius 3 is 2.67 bits per heavy atom. The molecule has 18 heavy (non-hydrogen) atoms. The molecule has 0 unspecified atom stereocenters. The molecule has 1 aromatic rings. The lowest BCUT2D eigenvalue weighted by Gasteiger charge is -2.05. The first-order valence-electron chi connectivity index (χ1n) is 5.66. The topological polar surface area (TPSA) is 36.4 Å². The van der Waals surface area contributed by atoms with Crippen LogP contribution >= 0.6 is 12.2 Å². The number of halogens is 2. The Balaban J connectivity index is 2.47. The van der Waals surface area contributed by atoms with Crippen LogP contribution in [0, 0.1) is 11.6 Å². The number of thiocarbonyl (C=S) groups is 1. The van der Waals surface area contributed by atoms with Gasteiger partial charge in [0, 0.05) is 6.54 Å². The molecule has 98 valence electrons. The Morgan fingerprint density at radius 1 is 1.39 bits per heavy atom. The van der Waals surface area contributed by atoms with Crippen molar-refractivity contribution in [2.24, 2.45) is 5.10 Å². The third kappa shape index (κ3) is 4.75. The molecule has 0 aromatic heterocycles. The van der Waals surface area contributed by atoms with Gasteiger partial charge in [-0.2, -0.15) is 5.10 Å². The number of hydrazone groups is 1. The monoisotopic (exact) mass is 271 g/mol. The van der Waals surface area contributed by atoms with E-state index >= 15 is 0 Å². The van der Waals surface area contributed by atoms with Crippen LogP contribution in [0.5, 0.6) is 0 Å². The molecule has 1 rings (SSSR count). The molecule has 0 spiro atoms. The van der Waals surface area contributed by atoms with E-state index in [0.717, 1.165) is 25.6 Å². The molecule has 0 aliphatic rings. The van der Waals surface area contributed by atoms with Gasteiger partial charge in [-0.3, -0.25) is 5.43 Å². The lowest BCUT2D eigenvalue weighted by molar-refractivity contribution is 0.580. The summed E-state index contributed by atoms with van der Waals surface area (Å²) in [5.41, 5.74) is 2.31. The Morgan fingerprint density at radius 2 is 2.06 bits per heavy atom. The van der Waals surface area contributed by atoms with Crippen molar-refractivity contribution in [3.63, 3.8) is 0 Å². The first-order valence-corrected chi connectivity index (χ1v) is 6.07. The fourth-order valence-electron chi connectivity index (χ4n) is 1.21. The van der Waals surface area contributed by atoms with Crippen molar-refractivity contribution in [3.8, 4) is 0 Å². The largest absolute Gasteiger partial charge is 0.361 e. The second kappa shape index (κ2) is 7.71. The highest BCUT2D eigenvalue weighted by Gasteiger charge is 2.04. The van der Waals surface area contributed by atoms with Gasteiger partial charge in [0.05, 0.1) is 11.8 Å². The van der Waals surface area contributed by atoms with Crippen LogP contribution in [0.15, 0.2) is 23.3 Å². The smallest absolute Gasteiger partial charge is 0.186 e. The highest BCUT2D eigenvalue weighted by atomic mass is 32.1. The third-order valence-corrected chi connectivity index (χ3v) is 2.41. The fourth-order valence-corrected chi connectivity index (χ4v) is 1.36. The van der Waals surface area contributed by atoms with Crippen LogP contribution in [-0.2, 0) is 0 Å². The summed E-state index contributed by atoms with van der Waals surface area (Å²) in [6.07, 6.45) is 3.12. The van der Waals surface area contributed by atoms with Crippen LogP contribution in [0.3, 0.4) is 0 Å². The Labute approximate surface area is 110 Å². The number of nitrogens with zero attached hydrogens (tertiary/aromatic N) is 1. The van der Waals surface area contributed by atoms with Crippen molar-refractivity contribution in [3.05, 3.63) is 35.4 Å². The quantitative estimate of drug-likeness (QED) is 0.374. The van der Waals surface area contributed by atoms with E-state index in [-0.39, 0.29) is 5.56 Å². The highest BCUT2D eigenvalue weighted by Crippen LogP contribution is 2.08. The minimum absolute atomic E-state index is 0.193. The molecule has 0 radical (unpaired) electrons. The molecule has 0 aliphatic heterocycles. The molecule has 0 atom stereocenters. The highest BCUT2D eigenvalue weighted by molar-refractivity contribution is 7.80. The molecule has 0 saturated carbocycles. The van der Waals surface area contributed by atoms with Gasteiger partial charge < -0.3 is 5.32 Å². The second-order valence-electron chi connectivity index (χ2n) is 3.61. The maximum atomic E-state index is 13.2. The van der Waals surface area contributed by atoms with Gasteiger partial charge in [-0.1, -0.05) is 19.4 Å². The van der Waals surface area contributed by atoms with Gasteiger partial charge in [-0.05, 0) is 30.8 Å². The van der Waals surface area contributed by atoms with E-state index in [2.05, 4.69) is 22.8 Å². The van der Waals surface area contributed by atoms with Crippen molar-refractivity contribution in [1.29, 1.82) is 0 Å². The number of benzene rings is 1. The number of rotatable bonds is 5. The van der Waals surface area contributed by atoms with E-state index in [1.54, 1.807) is 0 Å². The summed E-state index contributed by atoms with van der Waals surface area (Å²) in [6, 6.07) is 3.64. The zero-order valence-corrected chi connectivity index (χ0v) is 10.9. The Hall–Kier alpha value is -1.56. The Bertz CT molecular complexity index is 415. The van der Waals surface area contributed by atoms with Crippen molar-refractivity contribution in [2.45, 2.75) is 19.8 Å². The lowest BCUT2D eigenvalue weighted by Crippen LogP contribution is -2.32. The van der Waals surface area contributed by atoms with Crippen LogP contribution in [0.2, 0.25) is 0 Å². The predicted molar refractivity (Wildman–Crippen MR) is 72.6 cm³/mol. The van der Waals surface area contributed by atoms with E-state index in [4.69, 9.17) is 12.2 Å². The molecule has 0 bridgehead atoms. The molecule has 0 fully saturated rings. The molecule has 1 aromatic carbocycles. The lowest BCUT2D eigenvalue weighted by atomic mass is 10.2. The van der Waals surface area contributed by atoms with Gasteiger partial charge >= 0.3 is 0 Å². The average molecular weight is 271 g/mol. The zero-order valence-electron chi connectivity index (χ0n) is 10.0. The van der Waals surface area contributed by atoms with Crippen molar-refractivity contribution < 1.29 is 8.78 Å². The van der Waals surface area contributed by atoms with Gasteiger partial charge in [-0.25, -0.2) is 8.78 Å². The minimum atomic E-state index is -0.662. The van der Waals surface area contributed by atoms with E-state index in [9.17, 15) is 8.78 Å². The number of unbranched alkanes of at least 4 members (excludes halogenated alkanes) is 1. The average Bonchev–Trinajstić information content (AvgIpc) is 2.33. The molecule has 0 aliphatic carbocycles. The van der Waals surface area contributed by atoms with Crippen LogP contribution in [0.25, 0.3) is 0 Å². The maximum Gasteiger partial charge on any atom is 0.186 e. The molecule has 0 saturated heterocycles. The van der Waals surface area contributed by atoms with Crippen LogP contribution in [0.4, 0.5) is 8.78 Å². The minimum Gasteiger partial charge on any atom is -0.361 e. The first kappa shape index (κ1) is 14.5.